The number of amides is 1. The molecule has 1 fully saturated rings. The van der Waals surface area contributed by atoms with E-state index in [2.05, 4.69) is 17.1 Å². The predicted octanol–water partition coefficient (Wildman–Crippen LogP) is 2.66. The Balaban J connectivity index is 1.86. The zero-order chi connectivity index (χ0) is 13.0. The Kier molecular flexibility index (Phi) is 4.78. The fourth-order valence-corrected chi connectivity index (χ4v) is 3.38. The van der Waals surface area contributed by atoms with Crippen LogP contribution in [0.15, 0.2) is 11.4 Å². The normalized spacial score (nSPS) is 17.9. The monoisotopic (exact) mass is 266 g/mol. The van der Waals surface area contributed by atoms with E-state index in [1.54, 1.807) is 0 Å². The first-order valence-corrected chi connectivity index (χ1v) is 7.66. The molecule has 0 unspecified atom stereocenters. The molecule has 2 rings (SSSR count). The van der Waals surface area contributed by atoms with Crippen molar-refractivity contribution in [2.45, 2.75) is 39.2 Å². The number of rotatable bonds is 5. The van der Waals surface area contributed by atoms with Crippen molar-refractivity contribution in [2.24, 2.45) is 0 Å². The van der Waals surface area contributed by atoms with Crippen molar-refractivity contribution < 1.29 is 4.79 Å². The molecule has 100 valence electrons. The summed E-state index contributed by atoms with van der Waals surface area (Å²) in [7, 11) is 0. The lowest BCUT2D eigenvalue weighted by molar-refractivity contribution is 0.0940. The molecular weight excluding hydrogens is 244 g/mol. The van der Waals surface area contributed by atoms with E-state index in [9.17, 15) is 4.79 Å². The van der Waals surface area contributed by atoms with Crippen LogP contribution in [0.5, 0.6) is 0 Å². The topological polar surface area (TPSA) is 32.3 Å². The van der Waals surface area contributed by atoms with Crippen LogP contribution in [0.25, 0.3) is 0 Å². The summed E-state index contributed by atoms with van der Waals surface area (Å²) >= 11 is 1.52. The Morgan fingerprint density at radius 2 is 2.22 bits per heavy atom. The van der Waals surface area contributed by atoms with Gasteiger partial charge in [-0.1, -0.05) is 6.92 Å². The number of hydrogen-bond acceptors (Lipinski definition) is 3. The van der Waals surface area contributed by atoms with Gasteiger partial charge in [-0.05, 0) is 56.3 Å². The molecular formula is C14H22N2OS. The third-order valence-electron chi connectivity index (χ3n) is 3.69. The predicted molar refractivity (Wildman–Crippen MR) is 76.3 cm³/mol. The Morgan fingerprint density at radius 1 is 1.50 bits per heavy atom. The Labute approximate surface area is 113 Å². The largest absolute Gasteiger partial charge is 0.350 e. The summed E-state index contributed by atoms with van der Waals surface area (Å²) in [6, 6.07) is 2.49. The van der Waals surface area contributed by atoms with E-state index in [1.165, 1.54) is 37.3 Å². The number of likely N-dealkylation sites (tertiary alicyclic amines) is 1. The van der Waals surface area contributed by atoms with Gasteiger partial charge in [0.2, 0.25) is 0 Å². The van der Waals surface area contributed by atoms with Crippen LogP contribution in [0.3, 0.4) is 0 Å². The smallest absolute Gasteiger partial charge is 0.261 e. The Bertz CT molecular complexity index is 396. The number of nitrogens with zero attached hydrogens (tertiary/aromatic N) is 1. The quantitative estimate of drug-likeness (QED) is 0.888. The minimum Gasteiger partial charge on any atom is -0.350 e. The van der Waals surface area contributed by atoms with Crippen molar-refractivity contribution in [2.75, 3.05) is 19.6 Å². The van der Waals surface area contributed by atoms with Crippen LogP contribution >= 0.6 is 11.3 Å². The maximum Gasteiger partial charge on any atom is 0.261 e. The lowest BCUT2D eigenvalue weighted by atomic mass is 10.2. The third kappa shape index (κ3) is 3.12. The third-order valence-corrected chi connectivity index (χ3v) is 4.71. The zero-order valence-electron chi connectivity index (χ0n) is 11.2. The molecule has 0 saturated carbocycles. The fraction of sp³-hybridized carbons (Fsp3) is 0.643. The van der Waals surface area contributed by atoms with Crippen molar-refractivity contribution in [1.82, 2.24) is 10.2 Å². The molecule has 18 heavy (non-hydrogen) atoms. The summed E-state index contributed by atoms with van der Waals surface area (Å²) in [5.41, 5.74) is 1.08. The van der Waals surface area contributed by atoms with Gasteiger partial charge in [0.15, 0.2) is 0 Å². The summed E-state index contributed by atoms with van der Waals surface area (Å²) in [6.07, 6.45) is 3.70. The van der Waals surface area contributed by atoms with Crippen molar-refractivity contribution in [3.8, 4) is 0 Å². The molecule has 1 aromatic rings. The van der Waals surface area contributed by atoms with Crippen LogP contribution < -0.4 is 5.32 Å². The molecule has 1 amide bonds. The minimum atomic E-state index is 0.0835. The van der Waals surface area contributed by atoms with Gasteiger partial charge in [-0.2, -0.15) is 0 Å². The van der Waals surface area contributed by atoms with Gasteiger partial charge < -0.3 is 5.32 Å². The van der Waals surface area contributed by atoms with Crippen molar-refractivity contribution in [3.63, 3.8) is 0 Å². The van der Waals surface area contributed by atoms with E-state index < -0.39 is 0 Å². The van der Waals surface area contributed by atoms with Crippen LogP contribution in [0.4, 0.5) is 0 Å². The number of carbonyl (C=O) groups excluding carboxylic acids is 1. The van der Waals surface area contributed by atoms with E-state index in [1.807, 2.05) is 18.4 Å². The first kappa shape index (κ1) is 13.6. The van der Waals surface area contributed by atoms with Gasteiger partial charge >= 0.3 is 0 Å². The fourth-order valence-electron chi connectivity index (χ4n) is 2.53. The molecule has 3 nitrogen and oxygen atoms in total. The summed E-state index contributed by atoms with van der Waals surface area (Å²) < 4.78 is 0. The molecule has 4 heteroatoms. The van der Waals surface area contributed by atoms with Crippen molar-refractivity contribution in [3.05, 3.63) is 21.9 Å². The zero-order valence-corrected chi connectivity index (χ0v) is 12.1. The molecule has 0 bridgehead atoms. The number of carbonyl (C=O) groups is 1. The molecule has 0 radical (unpaired) electrons. The van der Waals surface area contributed by atoms with E-state index in [-0.39, 0.29) is 5.91 Å². The van der Waals surface area contributed by atoms with Crippen LogP contribution in [-0.2, 0) is 0 Å². The van der Waals surface area contributed by atoms with Crippen LogP contribution in [0.1, 0.15) is 41.4 Å². The highest BCUT2D eigenvalue weighted by atomic mass is 32.1. The summed E-state index contributed by atoms with van der Waals surface area (Å²) in [4.78, 5) is 15.4. The Morgan fingerprint density at radius 3 is 2.78 bits per heavy atom. The average Bonchev–Trinajstić information content (AvgIpc) is 3.01. The maximum absolute atomic E-state index is 12.0. The van der Waals surface area contributed by atoms with E-state index >= 15 is 0 Å². The molecule has 1 aliphatic rings. The Hall–Kier alpha value is -0.870. The van der Waals surface area contributed by atoms with E-state index in [4.69, 9.17) is 0 Å². The van der Waals surface area contributed by atoms with Crippen LogP contribution in [0, 0.1) is 6.92 Å². The van der Waals surface area contributed by atoms with Gasteiger partial charge in [0.25, 0.3) is 5.91 Å². The van der Waals surface area contributed by atoms with Gasteiger partial charge in [0, 0.05) is 12.6 Å². The summed E-state index contributed by atoms with van der Waals surface area (Å²) in [6.45, 7) is 7.33. The second-order valence-electron chi connectivity index (χ2n) is 4.95. The second kappa shape index (κ2) is 6.34. The molecule has 1 saturated heterocycles. The number of nitrogens with one attached hydrogen (secondary N) is 1. The van der Waals surface area contributed by atoms with Gasteiger partial charge in [-0.15, -0.1) is 11.3 Å². The molecule has 1 atom stereocenters. The minimum absolute atomic E-state index is 0.0835. The molecule has 0 spiro atoms. The van der Waals surface area contributed by atoms with Crippen molar-refractivity contribution in [1.29, 1.82) is 0 Å². The molecule has 1 aliphatic heterocycles. The molecule has 1 N–H and O–H groups in total. The molecule has 0 aromatic carbocycles. The molecule has 2 heterocycles. The maximum atomic E-state index is 12.0. The lowest BCUT2D eigenvalue weighted by Gasteiger charge is -2.26. The van der Waals surface area contributed by atoms with E-state index in [0.717, 1.165) is 23.4 Å². The highest BCUT2D eigenvalue weighted by molar-refractivity contribution is 7.12. The average molecular weight is 266 g/mol. The summed E-state index contributed by atoms with van der Waals surface area (Å²) in [5.74, 6) is 0.0835. The van der Waals surface area contributed by atoms with Crippen molar-refractivity contribution >= 4 is 17.2 Å². The van der Waals surface area contributed by atoms with Gasteiger partial charge in [-0.3, -0.25) is 9.69 Å². The number of hydrogen-bond donors (Lipinski definition) is 1. The lowest BCUT2D eigenvalue weighted by Crippen LogP contribution is -2.42. The van der Waals surface area contributed by atoms with Crippen LogP contribution in [0.2, 0.25) is 0 Å². The van der Waals surface area contributed by atoms with Crippen LogP contribution in [-0.4, -0.2) is 36.5 Å². The highest BCUT2D eigenvalue weighted by Crippen LogP contribution is 2.16. The number of aryl methyl sites for hydroxylation is 1. The first-order chi connectivity index (χ1) is 8.72. The number of thiophene rings is 1. The molecule has 0 aliphatic carbocycles. The van der Waals surface area contributed by atoms with E-state index in [0.29, 0.717) is 6.04 Å². The second-order valence-corrected chi connectivity index (χ2v) is 5.86. The van der Waals surface area contributed by atoms with Gasteiger partial charge in [0.05, 0.1) is 4.88 Å². The molecule has 1 aromatic heterocycles. The van der Waals surface area contributed by atoms with Gasteiger partial charge in [-0.25, -0.2) is 0 Å². The SMILES string of the molecule is CC[C@@H](CNC(=O)c1sccc1C)N1CCCC1. The highest BCUT2D eigenvalue weighted by Gasteiger charge is 2.21. The van der Waals surface area contributed by atoms with Gasteiger partial charge in [0.1, 0.15) is 0 Å². The summed E-state index contributed by atoms with van der Waals surface area (Å²) in [5, 5.41) is 5.06. The standard InChI is InChI=1S/C14H22N2OS/c1-3-12(16-7-4-5-8-16)10-15-14(17)13-11(2)6-9-18-13/h6,9,12H,3-5,7-8,10H2,1-2H3,(H,15,17)/t12-/m0/s1. The first-order valence-electron chi connectivity index (χ1n) is 6.78.